The van der Waals surface area contributed by atoms with Gasteiger partial charge in [-0.15, -0.1) is 11.3 Å². The summed E-state index contributed by atoms with van der Waals surface area (Å²) in [5.74, 6) is 0.655. The third-order valence-electron chi connectivity index (χ3n) is 4.04. The van der Waals surface area contributed by atoms with Gasteiger partial charge in [0.1, 0.15) is 5.76 Å². The van der Waals surface area contributed by atoms with Gasteiger partial charge in [0, 0.05) is 11.1 Å². The van der Waals surface area contributed by atoms with Gasteiger partial charge in [0.15, 0.2) is 10.9 Å². The third-order valence-corrected chi connectivity index (χ3v) is 5.56. The van der Waals surface area contributed by atoms with E-state index in [0.717, 1.165) is 21.3 Å². The van der Waals surface area contributed by atoms with Crippen molar-refractivity contribution in [3.8, 4) is 0 Å². The Hall–Kier alpha value is -2.51. The lowest BCUT2D eigenvalue weighted by Crippen LogP contribution is -2.30. The summed E-state index contributed by atoms with van der Waals surface area (Å²) >= 11 is 3.16. The van der Waals surface area contributed by atoms with E-state index >= 15 is 0 Å². The molecule has 5 nitrogen and oxygen atoms in total. The number of aromatic nitrogens is 2. The second-order valence-corrected chi connectivity index (χ2v) is 7.53. The first-order valence-corrected chi connectivity index (χ1v) is 10.2. The number of fused-ring (bicyclic) bond motifs is 1. The number of imidazole rings is 1. The fourth-order valence-electron chi connectivity index (χ4n) is 2.84. The van der Waals surface area contributed by atoms with Crippen LogP contribution in [0.15, 0.2) is 69.9 Å². The molecule has 0 atom stereocenters. The minimum Gasteiger partial charge on any atom is -0.467 e. The number of pyridine rings is 1. The number of furan rings is 1. The number of amides is 1. The lowest BCUT2D eigenvalue weighted by Gasteiger charge is -2.20. The van der Waals surface area contributed by atoms with Crippen LogP contribution in [0.25, 0.3) is 5.52 Å². The molecule has 0 N–H and O–H groups in total. The summed E-state index contributed by atoms with van der Waals surface area (Å²) in [6.07, 6.45) is 5.52. The Kier molecular flexibility index (Phi) is 4.81. The van der Waals surface area contributed by atoms with Crippen LogP contribution in [-0.2, 0) is 13.1 Å². The quantitative estimate of drug-likeness (QED) is 0.458. The summed E-state index contributed by atoms with van der Waals surface area (Å²) in [6.45, 7) is 0.932. The van der Waals surface area contributed by atoms with Gasteiger partial charge in [-0.2, -0.15) is 0 Å². The molecule has 0 bridgehead atoms. The van der Waals surface area contributed by atoms with Gasteiger partial charge in [0.05, 0.1) is 24.9 Å². The average Bonchev–Trinajstić information content (AvgIpc) is 3.41. The molecule has 0 radical (unpaired) electrons. The maximum absolute atomic E-state index is 13.3. The molecule has 0 aromatic carbocycles. The molecule has 132 valence electrons. The molecule has 26 heavy (non-hydrogen) atoms. The Bertz CT molecular complexity index is 971. The maximum atomic E-state index is 13.3. The highest BCUT2D eigenvalue weighted by Gasteiger charge is 2.24. The van der Waals surface area contributed by atoms with Crippen LogP contribution >= 0.6 is 23.1 Å². The molecule has 4 aromatic rings. The zero-order valence-corrected chi connectivity index (χ0v) is 15.8. The number of carbonyl (C=O) groups excluding carboxylic acids is 1. The molecule has 1 amide bonds. The van der Waals surface area contributed by atoms with Gasteiger partial charge < -0.3 is 9.32 Å². The van der Waals surface area contributed by atoms with Crippen molar-refractivity contribution < 1.29 is 9.21 Å². The predicted molar refractivity (Wildman–Crippen MR) is 104 cm³/mol. The fourth-order valence-corrected chi connectivity index (χ4v) is 4.10. The molecular weight excluding hydrogens is 366 g/mol. The SMILES string of the molecule is CSc1nc(C(=O)N(Cc2ccco2)Cc2cccs2)c2ccccn12. The highest BCUT2D eigenvalue weighted by molar-refractivity contribution is 7.98. The van der Waals surface area contributed by atoms with Crippen LogP contribution in [0, 0.1) is 0 Å². The highest BCUT2D eigenvalue weighted by atomic mass is 32.2. The molecule has 0 aliphatic heterocycles. The fraction of sp³-hybridized carbons (Fsp3) is 0.158. The van der Waals surface area contributed by atoms with Crippen LogP contribution in [0.4, 0.5) is 0 Å². The molecule has 4 heterocycles. The number of rotatable bonds is 6. The van der Waals surface area contributed by atoms with Gasteiger partial charge in [-0.25, -0.2) is 4.98 Å². The summed E-state index contributed by atoms with van der Waals surface area (Å²) in [4.78, 5) is 20.8. The monoisotopic (exact) mass is 383 g/mol. The van der Waals surface area contributed by atoms with E-state index in [-0.39, 0.29) is 5.91 Å². The van der Waals surface area contributed by atoms with E-state index < -0.39 is 0 Å². The first-order chi connectivity index (χ1) is 12.8. The Labute approximate surface area is 159 Å². The van der Waals surface area contributed by atoms with Gasteiger partial charge in [-0.05, 0) is 42.0 Å². The largest absolute Gasteiger partial charge is 0.467 e. The van der Waals surface area contributed by atoms with Crippen molar-refractivity contribution in [2.24, 2.45) is 0 Å². The Morgan fingerprint density at radius 2 is 2.15 bits per heavy atom. The van der Waals surface area contributed by atoms with E-state index in [1.165, 1.54) is 11.8 Å². The highest BCUT2D eigenvalue weighted by Crippen LogP contribution is 2.23. The van der Waals surface area contributed by atoms with E-state index in [4.69, 9.17) is 4.42 Å². The van der Waals surface area contributed by atoms with Gasteiger partial charge in [-0.3, -0.25) is 9.20 Å². The van der Waals surface area contributed by atoms with Gasteiger partial charge in [0.2, 0.25) is 0 Å². The first-order valence-electron chi connectivity index (χ1n) is 8.11. The smallest absolute Gasteiger partial charge is 0.275 e. The van der Waals surface area contributed by atoms with E-state index in [2.05, 4.69) is 4.98 Å². The lowest BCUT2D eigenvalue weighted by atomic mass is 10.2. The van der Waals surface area contributed by atoms with Crippen molar-refractivity contribution in [3.63, 3.8) is 0 Å². The van der Waals surface area contributed by atoms with Crippen molar-refractivity contribution in [2.45, 2.75) is 18.2 Å². The molecule has 0 spiro atoms. The Morgan fingerprint density at radius 3 is 2.88 bits per heavy atom. The summed E-state index contributed by atoms with van der Waals surface area (Å²) in [7, 11) is 0. The minimum absolute atomic E-state index is 0.0983. The van der Waals surface area contributed by atoms with Crippen LogP contribution in [0.2, 0.25) is 0 Å². The molecular formula is C19H17N3O2S2. The minimum atomic E-state index is -0.0983. The number of nitrogens with zero attached hydrogens (tertiary/aromatic N) is 3. The molecule has 0 aliphatic carbocycles. The number of thioether (sulfide) groups is 1. The van der Waals surface area contributed by atoms with Crippen LogP contribution in [0.1, 0.15) is 21.1 Å². The topological polar surface area (TPSA) is 50.8 Å². The molecule has 0 saturated heterocycles. The third kappa shape index (κ3) is 3.27. The zero-order chi connectivity index (χ0) is 17.9. The van der Waals surface area contributed by atoms with Crippen molar-refractivity contribution in [2.75, 3.05) is 6.26 Å². The van der Waals surface area contributed by atoms with Crippen molar-refractivity contribution in [3.05, 3.63) is 76.6 Å². The van der Waals surface area contributed by atoms with Crippen molar-refractivity contribution in [1.29, 1.82) is 0 Å². The molecule has 7 heteroatoms. The van der Waals surface area contributed by atoms with E-state index in [1.54, 1.807) is 22.5 Å². The van der Waals surface area contributed by atoms with Crippen LogP contribution in [0.5, 0.6) is 0 Å². The van der Waals surface area contributed by atoms with Crippen molar-refractivity contribution in [1.82, 2.24) is 14.3 Å². The van der Waals surface area contributed by atoms with Crippen LogP contribution in [0.3, 0.4) is 0 Å². The van der Waals surface area contributed by atoms with E-state index in [9.17, 15) is 4.79 Å². The first kappa shape index (κ1) is 16.9. The molecule has 4 aromatic heterocycles. The van der Waals surface area contributed by atoms with E-state index in [0.29, 0.717) is 18.8 Å². The van der Waals surface area contributed by atoms with Crippen LogP contribution < -0.4 is 0 Å². The Balaban J connectivity index is 1.72. The van der Waals surface area contributed by atoms with Gasteiger partial charge in [0.25, 0.3) is 5.91 Å². The number of carbonyl (C=O) groups is 1. The summed E-state index contributed by atoms with van der Waals surface area (Å²) in [5.41, 5.74) is 1.29. The van der Waals surface area contributed by atoms with Crippen molar-refractivity contribution >= 4 is 34.5 Å². The maximum Gasteiger partial charge on any atom is 0.275 e. The second-order valence-electron chi connectivity index (χ2n) is 5.72. The number of thiophene rings is 1. The van der Waals surface area contributed by atoms with Gasteiger partial charge in [-0.1, -0.05) is 23.9 Å². The molecule has 0 unspecified atom stereocenters. The molecule has 0 aliphatic rings. The molecule has 0 fully saturated rings. The Morgan fingerprint density at radius 1 is 1.23 bits per heavy atom. The molecule has 4 rings (SSSR count). The zero-order valence-electron chi connectivity index (χ0n) is 14.2. The lowest BCUT2D eigenvalue weighted by molar-refractivity contribution is 0.0715. The van der Waals surface area contributed by atoms with Gasteiger partial charge >= 0.3 is 0 Å². The molecule has 0 saturated carbocycles. The van der Waals surface area contributed by atoms with E-state index in [1.807, 2.05) is 64.7 Å². The summed E-state index contributed by atoms with van der Waals surface area (Å²) < 4.78 is 7.42. The standard InChI is InChI=1S/C19H17N3O2S2/c1-25-19-20-17(16-8-2-3-9-22(16)19)18(23)21(12-14-6-4-10-24-14)13-15-7-5-11-26-15/h2-11H,12-13H2,1H3. The summed E-state index contributed by atoms with van der Waals surface area (Å²) in [5, 5.41) is 2.82. The predicted octanol–water partition coefficient (Wildman–Crippen LogP) is 4.55. The normalized spacial score (nSPS) is 11.1. The average molecular weight is 383 g/mol. The summed E-state index contributed by atoms with van der Waals surface area (Å²) in [6, 6.07) is 13.5. The number of hydrogen-bond donors (Lipinski definition) is 0. The second kappa shape index (κ2) is 7.39. The number of hydrogen-bond acceptors (Lipinski definition) is 5. The van der Waals surface area contributed by atoms with Crippen LogP contribution in [-0.4, -0.2) is 26.4 Å².